The summed E-state index contributed by atoms with van der Waals surface area (Å²) in [5.74, 6) is 0. The number of hydrogen-bond donors (Lipinski definition) is 0. The average Bonchev–Trinajstić information content (AvgIpc) is 2.72. The molecule has 0 spiro atoms. The van der Waals surface area contributed by atoms with Crippen molar-refractivity contribution in [2.75, 3.05) is 0 Å². The van der Waals surface area contributed by atoms with Crippen LogP contribution in [0.5, 0.6) is 0 Å². The second-order valence-corrected chi connectivity index (χ2v) is 14.0. The van der Waals surface area contributed by atoms with Crippen LogP contribution in [-0.2, 0) is 0 Å². The molecule has 0 N–H and O–H groups in total. The topological polar surface area (TPSA) is 0 Å². The molecule has 0 fully saturated rings. The van der Waals surface area contributed by atoms with Gasteiger partial charge in [0.1, 0.15) is 0 Å². The molecule has 0 amide bonds. The van der Waals surface area contributed by atoms with Crippen LogP contribution < -0.4 is 18.4 Å². The van der Waals surface area contributed by atoms with Gasteiger partial charge in [0.15, 0.2) is 0 Å². The van der Waals surface area contributed by atoms with Gasteiger partial charge < -0.3 is 0 Å². The summed E-state index contributed by atoms with van der Waals surface area (Å²) in [6.45, 7) is 0. The first kappa shape index (κ1) is 19.1. The van der Waals surface area contributed by atoms with E-state index in [1.54, 1.807) is 0 Å². The summed E-state index contributed by atoms with van der Waals surface area (Å²) in [5, 5.41) is 0. The van der Waals surface area contributed by atoms with Gasteiger partial charge >= 0.3 is 154 Å². The number of benzene rings is 4. The van der Waals surface area contributed by atoms with Crippen molar-refractivity contribution >= 4 is 24.0 Å². The van der Waals surface area contributed by atoms with Gasteiger partial charge in [0.2, 0.25) is 0 Å². The minimum atomic E-state index is -2.88. The molecular formula is C24H21I2+. The molecule has 26 heavy (non-hydrogen) atoms. The van der Waals surface area contributed by atoms with Crippen LogP contribution in [0.1, 0.15) is 0 Å². The normalized spacial score (nSPS) is 11.4. The molecule has 4 aromatic carbocycles. The molecule has 4 aromatic rings. The predicted octanol–water partition coefficient (Wildman–Crippen LogP) is 3.24. The van der Waals surface area contributed by atoms with E-state index in [-0.39, 0.29) is 24.0 Å². The molecule has 4 rings (SSSR count). The molecule has 0 aliphatic heterocycles. The fourth-order valence-corrected chi connectivity index (χ4v) is 13.5. The van der Waals surface area contributed by atoms with Crippen LogP contribution in [0.2, 0.25) is 0 Å². The van der Waals surface area contributed by atoms with Crippen molar-refractivity contribution in [2.45, 2.75) is 0 Å². The van der Waals surface area contributed by atoms with E-state index in [0.29, 0.717) is 0 Å². The summed E-state index contributed by atoms with van der Waals surface area (Å²) in [5.41, 5.74) is 0. The van der Waals surface area contributed by atoms with Crippen LogP contribution in [0.15, 0.2) is 121 Å². The van der Waals surface area contributed by atoms with Gasteiger partial charge in [0.05, 0.1) is 0 Å². The molecule has 0 radical (unpaired) electrons. The SMILES string of the molecule is I.c1ccc([I+](c2ccccc2)(c2ccccc2)c2ccccc2)cc1. The first-order chi connectivity index (χ1) is 12.4. The summed E-state index contributed by atoms with van der Waals surface area (Å²) in [4.78, 5) is 0. The van der Waals surface area contributed by atoms with Crippen LogP contribution >= 0.6 is 24.0 Å². The summed E-state index contributed by atoms with van der Waals surface area (Å²) >= 11 is -2.88. The quantitative estimate of drug-likeness (QED) is 0.335. The zero-order chi connectivity index (χ0) is 17.0. The van der Waals surface area contributed by atoms with Gasteiger partial charge in [-0.15, -0.1) is 24.0 Å². The van der Waals surface area contributed by atoms with E-state index in [9.17, 15) is 0 Å². The van der Waals surface area contributed by atoms with Crippen LogP contribution in [0.3, 0.4) is 0 Å². The maximum atomic E-state index is 2.31. The molecule has 0 heterocycles. The van der Waals surface area contributed by atoms with E-state index < -0.39 is 18.4 Å². The van der Waals surface area contributed by atoms with Gasteiger partial charge in [-0.25, -0.2) is 0 Å². The molecule has 0 atom stereocenters. The van der Waals surface area contributed by atoms with Crippen LogP contribution in [0, 0.1) is 14.3 Å². The number of rotatable bonds is 4. The minimum absolute atomic E-state index is 0. The Hall–Kier alpha value is -1.66. The van der Waals surface area contributed by atoms with Crippen molar-refractivity contribution in [1.82, 2.24) is 0 Å². The molecule has 0 bridgehead atoms. The van der Waals surface area contributed by atoms with Gasteiger partial charge in [-0.1, -0.05) is 0 Å². The Morgan fingerprint density at radius 3 is 0.692 bits per heavy atom. The van der Waals surface area contributed by atoms with E-state index >= 15 is 0 Å². The molecule has 0 aliphatic rings. The van der Waals surface area contributed by atoms with E-state index in [0.717, 1.165) is 0 Å². The molecule has 0 aromatic heterocycles. The Kier molecular flexibility index (Phi) is 6.48. The fraction of sp³-hybridized carbons (Fsp3) is 0. The van der Waals surface area contributed by atoms with Crippen molar-refractivity contribution in [1.29, 1.82) is 0 Å². The van der Waals surface area contributed by atoms with Gasteiger partial charge in [0.25, 0.3) is 0 Å². The first-order valence-corrected chi connectivity index (χ1v) is 12.7. The first-order valence-electron chi connectivity index (χ1n) is 8.40. The maximum absolute atomic E-state index is 2.88. The Morgan fingerprint density at radius 1 is 0.308 bits per heavy atom. The molecule has 0 saturated carbocycles. The van der Waals surface area contributed by atoms with Gasteiger partial charge in [0, 0.05) is 0 Å². The van der Waals surface area contributed by atoms with Crippen LogP contribution in [-0.4, -0.2) is 0 Å². The average molecular weight is 563 g/mol. The van der Waals surface area contributed by atoms with E-state index in [4.69, 9.17) is 0 Å². The summed E-state index contributed by atoms with van der Waals surface area (Å²) in [6, 6.07) is 44.3. The zero-order valence-corrected chi connectivity index (χ0v) is 18.8. The van der Waals surface area contributed by atoms with E-state index in [1.165, 1.54) is 14.3 Å². The van der Waals surface area contributed by atoms with Crippen molar-refractivity contribution in [3.8, 4) is 0 Å². The monoisotopic (exact) mass is 563 g/mol. The molecule has 0 nitrogen and oxygen atoms in total. The molecule has 130 valence electrons. The van der Waals surface area contributed by atoms with Gasteiger partial charge in [-0.3, -0.25) is 0 Å². The molecule has 0 aliphatic carbocycles. The Balaban J connectivity index is 0.00000196. The summed E-state index contributed by atoms with van der Waals surface area (Å²) in [7, 11) is 0. The fourth-order valence-electron chi connectivity index (χ4n) is 3.17. The van der Waals surface area contributed by atoms with Crippen molar-refractivity contribution in [3.63, 3.8) is 0 Å². The van der Waals surface area contributed by atoms with Gasteiger partial charge in [-0.05, 0) is 0 Å². The third-order valence-corrected chi connectivity index (χ3v) is 14.6. The zero-order valence-electron chi connectivity index (χ0n) is 14.3. The molecular weight excluding hydrogens is 542 g/mol. The molecule has 0 saturated heterocycles. The number of hydrogen-bond acceptors (Lipinski definition) is 0. The van der Waals surface area contributed by atoms with E-state index in [2.05, 4.69) is 121 Å². The second-order valence-electron chi connectivity index (χ2n) is 5.75. The number of halogens is 2. The summed E-state index contributed by atoms with van der Waals surface area (Å²) < 4.78 is 5.83. The predicted molar refractivity (Wildman–Crippen MR) is 116 cm³/mol. The molecule has 2 heteroatoms. The Morgan fingerprint density at radius 2 is 0.500 bits per heavy atom. The van der Waals surface area contributed by atoms with E-state index in [1.807, 2.05) is 0 Å². The van der Waals surface area contributed by atoms with Crippen molar-refractivity contribution in [2.24, 2.45) is 0 Å². The third-order valence-electron chi connectivity index (χ3n) is 4.24. The molecule has 0 unspecified atom stereocenters. The third kappa shape index (κ3) is 3.45. The van der Waals surface area contributed by atoms with Crippen molar-refractivity contribution in [3.05, 3.63) is 136 Å². The van der Waals surface area contributed by atoms with Crippen LogP contribution in [0.25, 0.3) is 0 Å². The van der Waals surface area contributed by atoms with Gasteiger partial charge in [-0.2, -0.15) is 0 Å². The van der Waals surface area contributed by atoms with Crippen LogP contribution in [0.4, 0.5) is 0 Å². The van der Waals surface area contributed by atoms with Crippen molar-refractivity contribution < 1.29 is 18.4 Å². The Labute approximate surface area is 176 Å². The Bertz CT molecular complexity index is 757. The standard InChI is InChI=1S/C24H20I.HI/c1-5-13-21(14-6-1)25(22-15-7-2-8-16-22,23-17-9-3-10-18-23)24-19-11-4-12-20-24;/h1-20H;1H/q+1;. The second kappa shape index (κ2) is 8.82. The summed E-state index contributed by atoms with van der Waals surface area (Å²) in [6.07, 6.45) is 0.